The molecule has 1 unspecified atom stereocenters. The van der Waals surface area contributed by atoms with Crippen LogP contribution in [0.1, 0.15) is 38.5 Å². The van der Waals surface area contributed by atoms with Gasteiger partial charge in [-0.3, -0.25) is 4.79 Å². The van der Waals surface area contributed by atoms with Crippen LogP contribution in [-0.2, 0) is 4.79 Å². The minimum absolute atomic E-state index is 0. The summed E-state index contributed by atoms with van der Waals surface area (Å²) >= 11 is 0. The fourth-order valence-electron chi connectivity index (χ4n) is 2.34. The zero-order valence-corrected chi connectivity index (χ0v) is 10.7. The first-order chi connectivity index (χ1) is 7.34. The Labute approximate surface area is 104 Å². The lowest BCUT2D eigenvalue weighted by Crippen LogP contribution is -2.32. The van der Waals surface area contributed by atoms with Gasteiger partial charge in [-0.25, -0.2) is 0 Å². The molecule has 1 aliphatic heterocycles. The van der Waals surface area contributed by atoms with Crippen molar-refractivity contribution in [1.82, 2.24) is 10.6 Å². The Morgan fingerprint density at radius 1 is 1.25 bits per heavy atom. The second-order valence-corrected chi connectivity index (χ2v) is 5.00. The van der Waals surface area contributed by atoms with Crippen molar-refractivity contribution in [3.8, 4) is 0 Å². The van der Waals surface area contributed by atoms with Gasteiger partial charge in [0, 0.05) is 13.0 Å². The van der Waals surface area contributed by atoms with Gasteiger partial charge in [-0.05, 0) is 50.6 Å². The highest BCUT2D eigenvalue weighted by Gasteiger charge is 2.19. The van der Waals surface area contributed by atoms with Gasteiger partial charge in [0.25, 0.3) is 0 Å². The van der Waals surface area contributed by atoms with Crippen LogP contribution in [0, 0.1) is 11.8 Å². The zero-order chi connectivity index (χ0) is 10.5. The lowest BCUT2D eigenvalue weighted by atomic mass is 9.85. The van der Waals surface area contributed by atoms with Gasteiger partial charge in [0.2, 0.25) is 5.91 Å². The minimum atomic E-state index is 0. The van der Waals surface area contributed by atoms with E-state index in [2.05, 4.69) is 10.6 Å². The van der Waals surface area contributed by atoms with Crippen LogP contribution in [0.3, 0.4) is 0 Å². The SMILES string of the molecule is Cl.O=C(CCC1CCNC1)NCC1CCC1. The summed E-state index contributed by atoms with van der Waals surface area (Å²) in [5, 5.41) is 6.38. The molecule has 0 radical (unpaired) electrons. The third kappa shape index (κ3) is 4.30. The quantitative estimate of drug-likeness (QED) is 0.776. The summed E-state index contributed by atoms with van der Waals surface area (Å²) in [7, 11) is 0. The molecule has 0 aromatic rings. The Bertz CT molecular complexity index is 213. The van der Waals surface area contributed by atoms with Crippen molar-refractivity contribution >= 4 is 18.3 Å². The molecule has 0 aromatic carbocycles. The second kappa shape index (κ2) is 7.13. The fourth-order valence-corrected chi connectivity index (χ4v) is 2.34. The van der Waals surface area contributed by atoms with Crippen LogP contribution in [0.15, 0.2) is 0 Å². The van der Waals surface area contributed by atoms with Gasteiger partial charge < -0.3 is 10.6 Å². The van der Waals surface area contributed by atoms with E-state index in [-0.39, 0.29) is 18.3 Å². The molecule has 2 aliphatic rings. The first-order valence-corrected chi connectivity index (χ1v) is 6.32. The average Bonchev–Trinajstić information content (AvgIpc) is 2.64. The molecule has 2 fully saturated rings. The summed E-state index contributed by atoms with van der Waals surface area (Å²) in [4.78, 5) is 11.5. The summed E-state index contributed by atoms with van der Waals surface area (Å²) in [6.45, 7) is 3.16. The van der Waals surface area contributed by atoms with E-state index in [9.17, 15) is 4.79 Å². The molecule has 0 aromatic heterocycles. The number of halogens is 1. The summed E-state index contributed by atoms with van der Waals surface area (Å²) in [5.41, 5.74) is 0. The maximum atomic E-state index is 11.5. The normalized spacial score (nSPS) is 24.6. The Hall–Kier alpha value is -0.280. The average molecular weight is 247 g/mol. The molecule has 1 heterocycles. The minimum Gasteiger partial charge on any atom is -0.356 e. The maximum absolute atomic E-state index is 11.5. The van der Waals surface area contributed by atoms with Crippen molar-refractivity contribution in [2.75, 3.05) is 19.6 Å². The molecule has 1 atom stereocenters. The molecule has 0 spiro atoms. The summed E-state index contributed by atoms with van der Waals surface area (Å²) in [6, 6.07) is 0. The smallest absolute Gasteiger partial charge is 0.220 e. The predicted octanol–water partition coefficient (Wildman–Crippen LogP) is 1.71. The van der Waals surface area contributed by atoms with Crippen LogP contribution in [-0.4, -0.2) is 25.5 Å². The van der Waals surface area contributed by atoms with Crippen molar-refractivity contribution in [3.63, 3.8) is 0 Å². The third-order valence-electron chi connectivity index (χ3n) is 3.75. The van der Waals surface area contributed by atoms with Gasteiger partial charge in [-0.15, -0.1) is 12.4 Å². The predicted molar refractivity (Wildman–Crippen MR) is 67.8 cm³/mol. The number of carbonyl (C=O) groups excluding carboxylic acids is 1. The molecule has 1 saturated carbocycles. The topological polar surface area (TPSA) is 41.1 Å². The Balaban J connectivity index is 0.00000128. The Morgan fingerprint density at radius 3 is 2.62 bits per heavy atom. The first-order valence-electron chi connectivity index (χ1n) is 6.32. The summed E-state index contributed by atoms with van der Waals surface area (Å²) < 4.78 is 0. The highest BCUT2D eigenvalue weighted by Crippen LogP contribution is 2.25. The van der Waals surface area contributed by atoms with Crippen molar-refractivity contribution in [2.45, 2.75) is 38.5 Å². The molecule has 16 heavy (non-hydrogen) atoms. The highest BCUT2D eigenvalue weighted by atomic mass is 35.5. The molecule has 2 rings (SSSR count). The number of rotatable bonds is 5. The van der Waals surface area contributed by atoms with E-state index in [1.807, 2.05) is 0 Å². The highest BCUT2D eigenvalue weighted by molar-refractivity contribution is 5.85. The molecular formula is C12H23ClN2O. The van der Waals surface area contributed by atoms with Gasteiger partial charge in [0.05, 0.1) is 0 Å². The molecule has 94 valence electrons. The van der Waals surface area contributed by atoms with Gasteiger partial charge in [0.1, 0.15) is 0 Å². The third-order valence-corrected chi connectivity index (χ3v) is 3.75. The van der Waals surface area contributed by atoms with Gasteiger partial charge in [-0.2, -0.15) is 0 Å². The van der Waals surface area contributed by atoms with Crippen LogP contribution < -0.4 is 10.6 Å². The molecule has 0 bridgehead atoms. The number of amides is 1. The van der Waals surface area contributed by atoms with E-state index < -0.39 is 0 Å². The lowest BCUT2D eigenvalue weighted by Gasteiger charge is -2.25. The number of hydrogen-bond donors (Lipinski definition) is 2. The number of nitrogens with one attached hydrogen (secondary N) is 2. The van der Waals surface area contributed by atoms with Gasteiger partial charge in [-0.1, -0.05) is 6.42 Å². The van der Waals surface area contributed by atoms with Crippen LogP contribution in [0.25, 0.3) is 0 Å². The van der Waals surface area contributed by atoms with E-state index in [1.165, 1.54) is 25.7 Å². The number of carbonyl (C=O) groups is 1. The molecule has 1 aliphatic carbocycles. The van der Waals surface area contributed by atoms with Crippen LogP contribution >= 0.6 is 12.4 Å². The van der Waals surface area contributed by atoms with Crippen LogP contribution in [0.4, 0.5) is 0 Å². The van der Waals surface area contributed by atoms with Gasteiger partial charge >= 0.3 is 0 Å². The molecule has 2 N–H and O–H groups in total. The largest absolute Gasteiger partial charge is 0.356 e. The number of hydrogen-bond acceptors (Lipinski definition) is 2. The zero-order valence-electron chi connectivity index (χ0n) is 9.84. The maximum Gasteiger partial charge on any atom is 0.220 e. The van der Waals surface area contributed by atoms with E-state index in [1.54, 1.807) is 0 Å². The lowest BCUT2D eigenvalue weighted by molar-refractivity contribution is -0.121. The molecule has 3 nitrogen and oxygen atoms in total. The van der Waals surface area contributed by atoms with Crippen molar-refractivity contribution in [1.29, 1.82) is 0 Å². The van der Waals surface area contributed by atoms with Crippen LogP contribution in [0.2, 0.25) is 0 Å². The molecule has 1 saturated heterocycles. The monoisotopic (exact) mass is 246 g/mol. The van der Waals surface area contributed by atoms with Crippen molar-refractivity contribution < 1.29 is 4.79 Å². The van der Waals surface area contributed by atoms with Crippen molar-refractivity contribution in [3.05, 3.63) is 0 Å². The van der Waals surface area contributed by atoms with Crippen LogP contribution in [0.5, 0.6) is 0 Å². The molecular weight excluding hydrogens is 224 g/mol. The summed E-state index contributed by atoms with van der Waals surface area (Å²) in [6.07, 6.45) is 7.01. The summed E-state index contributed by atoms with van der Waals surface area (Å²) in [5.74, 6) is 1.77. The van der Waals surface area contributed by atoms with E-state index in [4.69, 9.17) is 0 Å². The second-order valence-electron chi connectivity index (χ2n) is 5.00. The van der Waals surface area contributed by atoms with Crippen molar-refractivity contribution in [2.24, 2.45) is 11.8 Å². The van der Waals surface area contributed by atoms with E-state index in [0.717, 1.165) is 44.3 Å². The first kappa shape index (κ1) is 13.8. The standard InChI is InChI=1S/C12H22N2O.ClH/c15-12(14-9-10-2-1-3-10)5-4-11-6-7-13-8-11;/h10-11,13H,1-9H2,(H,14,15);1H. The van der Waals surface area contributed by atoms with E-state index in [0.29, 0.717) is 0 Å². The van der Waals surface area contributed by atoms with Gasteiger partial charge in [0.15, 0.2) is 0 Å². The fraction of sp³-hybridized carbons (Fsp3) is 0.917. The Kier molecular flexibility index (Phi) is 6.14. The van der Waals surface area contributed by atoms with E-state index >= 15 is 0 Å². The molecule has 4 heteroatoms. The Morgan fingerprint density at radius 2 is 2.06 bits per heavy atom. The molecule has 1 amide bonds.